The SMILES string of the molecule is COc1cccc(C2=NN3C(C2)c2cc(Cl)ccc2OC3c2ccc(OC)c(OC)c2)c1. The Balaban J connectivity index is 1.60. The molecule has 0 N–H and O–H groups in total. The minimum absolute atomic E-state index is 0.00301. The summed E-state index contributed by atoms with van der Waals surface area (Å²) in [6.07, 6.45) is 0.310. The Morgan fingerprint density at radius 3 is 2.56 bits per heavy atom. The Bertz CT molecular complexity index is 1200. The zero-order valence-electron chi connectivity index (χ0n) is 18.0. The van der Waals surface area contributed by atoms with Crippen molar-refractivity contribution in [3.63, 3.8) is 0 Å². The van der Waals surface area contributed by atoms with Gasteiger partial charge in [0.05, 0.1) is 33.1 Å². The first kappa shape index (κ1) is 20.5. The van der Waals surface area contributed by atoms with Crippen LogP contribution in [0.15, 0.2) is 65.8 Å². The van der Waals surface area contributed by atoms with Gasteiger partial charge in [-0.1, -0.05) is 23.7 Å². The second-order valence-corrected chi connectivity index (χ2v) is 8.08. The molecule has 0 radical (unpaired) electrons. The smallest absolute Gasteiger partial charge is 0.214 e. The third kappa shape index (κ3) is 3.50. The monoisotopic (exact) mass is 450 g/mol. The van der Waals surface area contributed by atoms with Gasteiger partial charge in [-0.05, 0) is 48.5 Å². The molecular weight excluding hydrogens is 428 g/mol. The van der Waals surface area contributed by atoms with Crippen molar-refractivity contribution in [2.45, 2.75) is 18.7 Å². The molecule has 2 aliphatic heterocycles. The molecule has 5 rings (SSSR count). The van der Waals surface area contributed by atoms with Gasteiger partial charge in [0.25, 0.3) is 0 Å². The summed E-state index contributed by atoms with van der Waals surface area (Å²) in [5.74, 6) is 2.91. The molecule has 0 spiro atoms. The van der Waals surface area contributed by atoms with E-state index >= 15 is 0 Å². The molecule has 3 aromatic rings. The first-order valence-corrected chi connectivity index (χ1v) is 10.7. The van der Waals surface area contributed by atoms with Gasteiger partial charge >= 0.3 is 0 Å². The first-order chi connectivity index (χ1) is 15.6. The Morgan fingerprint density at radius 1 is 0.938 bits per heavy atom. The summed E-state index contributed by atoms with van der Waals surface area (Å²) in [5.41, 5.74) is 3.93. The lowest BCUT2D eigenvalue weighted by Gasteiger charge is -2.38. The van der Waals surface area contributed by atoms with Gasteiger partial charge in [0.1, 0.15) is 11.5 Å². The average Bonchev–Trinajstić information content (AvgIpc) is 3.29. The largest absolute Gasteiger partial charge is 0.497 e. The molecule has 0 fully saturated rings. The van der Waals surface area contributed by atoms with Crippen molar-refractivity contribution in [3.8, 4) is 23.0 Å². The maximum Gasteiger partial charge on any atom is 0.214 e. The number of rotatable bonds is 5. The second-order valence-electron chi connectivity index (χ2n) is 7.65. The quantitative estimate of drug-likeness (QED) is 0.505. The van der Waals surface area contributed by atoms with Crippen LogP contribution in [0.25, 0.3) is 0 Å². The van der Waals surface area contributed by atoms with E-state index in [4.69, 9.17) is 35.6 Å². The topological polar surface area (TPSA) is 52.5 Å². The van der Waals surface area contributed by atoms with Crippen LogP contribution in [0, 0.1) is 0 Å². The van der Waals surface area contributed by atoms with Gasteiger partial charge < -0.3 is 18.9 Å². The van der Waals surface area contributed by atoms with Crippen LogP contribution in [0.4, 0.5) is 0 Å². The lowest BCUT2D eigenvalue weighted by molar-refractivity contribution is -0.0191. The third-order valence-corrected chi connectivity index (χ3v) is 6.08. The number of ether oxygens (including phenoxy) is 4. The van der Waals surface area contributed by atoms with Gasteiger partial charge in [-0.3, -0.25) is 0 Å². The number of fused-ring (bicyclic) bond motifs is 3. The minimum atomic E-state index is -0.420. The standard InChI is InChI=1S/C25H23ClN2O4/c1-29-18-6-4-5-15(11-18)20-14-21-19-13-17(26)8-10-22(19)32-25(28(21)27-20)16-7-9-23(30-2)24(12-16)31-3/h4-13,21,25H,14H2,1-3H3. The molecule has 2 heterocycles. The summed E-state index contributed by atoms with van der Waals surface area (Å²) < 4.78 is 22.7. The van der Waals surface area contributed by atoms with Gasteiger partial charge in [0, 0.05) is 28.1 Å². The molecule has 0 aliphatic carbocycles. The van der Waals surface area contributed by atoms with Crippen molar-refractivity contribution >= 4 is 17.3 Å². The molecule has 3 aromatic carbocycles. The van der Waals surface area contributed by atoms with Gasteiger partial charge in [0.15, 0.2) is 11.5 Å². The fourth-order valence-electron chi connectivity index (χ4n) is 4.26. The summed E-state index contributed by atoms with van der Waals surface area (Å²) in [6.45, 7) is 0. The Hall–Kier alpha value is -3.38. The molecule has 6 nitrogen and oxygen atoms in total. The maximum atomic E-state index is 6.43. The normalized spacial score (nSPS) is 18.9. The zero-order valence-corrected chi connectivity index (χ0v) is 18.8. The molecule has 32 heavy (non-hydrogen) atoms. The Morgan fingerprint density at radius 2 is 1.78 bits per heavy atom. The summed E-state index contributed by atoms with van der Waals surface area (Å²) in [6, 6.07) is 19.5. The minimum Gasteiger partial charge on any atom is -0.497 e. The van der Waals surface area contributed by atoms with Gasteiger partial charge in [-0.2, -0.15) is 5.10 Å². The highest BCUT2D eigenvalue weighted by Gasteiger charge is 2.41. The predicted octanol–water partition coefficient (Wildman–Crippen LogP) is 5.61. The van der Waals surface area contributed by atoms with Crippen molar-refractivity contribution in [2.75, 3.05) is 21.3 Å². The van der Waals surface area contributed by atoms with E-state index in [-0.39, 0.29) is 6.04 Å². The fourth-order valence-corrected chi connectivity index (χ4v) is 4.44. The van der Waals surface area contributed by atoms with Gasteiger partial charge in [-0.15, -0.1) is 0 Å². The summed E-state index contributed by atoms with van der Waals surface area (Å²) >= 11 is 6.33. The van der Waals surface area contributed by atoms with E-state index in [1.807, 2.05) is 65.7 Å². The number of benzene rings is 3. The maximum absolute atomic E-state index is 6.43. The van der Waals surface area contributed by atoms with E-state index in [9.17, 15) is 0 Å². The van der Waals surface area contributed by atoms with Gasteiger partial charge in [0.2, 0.25) is 6.23 Å². The lowest BCUT2D eigenvalue weighted by Crippen LogP contribution is -2.33. The van der Waals surface area contributed by atoms with Crippen LogP contribution in [-0.2, 0) is 0 Å². The van der Waals surface area contributed by atoms with E-state index in [1.165, 1.54) is 0 Å². The van der Waals surface area contributed by atoms with Crippen molar-refractivity contribution < 1.29 is 18.9 Å². The predicted molar refractivity (Wildman–Crippen MR) is 123 cm³/mol. The molecular formula is C25H23ClN2O4. The Kier molecular flexibility index (Phi) is 5.31. The molecule has 0 aromatic heterocycles. The van der Waals surface area contributed by atoms with E-state index in [2.05, 4.69) is 0 Å². The van der Waals surface area contributed by atoms with E-state index in [1.54, 1.807) is 21.3 Å². The van der Waals surface area contributed by atoms with Crippen LogP contribution in [-0.4, -0.2) is 32.0 Å². The van der Waals surface area contributed by atoms with Crippen molar-refractivity contribution in [1.82, 2.24) is 5.01 Å². The second kappa shape index (κ2) is 8.28. The number of hydrogen-bond donors (Lipinski definition) is 0. The van der Waals surface area contributed by atoms with E-state index < -0.39 is 6.23 Å². The zero-order chi connectivity index (χ0) is 22.2. The number of halogens is 1. The lowest BCUT2D eigenvalue weighted by atomic mass is 9.95. The first-order valence-electron chi connectivity index (χ1n) is 10.3. The van der Waals surface area contributed by atoms with E-state index in [0.717, 1.165) is 40.3 Å². The van der Waals surface area contributed by atoms with Crippen LogP contribution in [0.1, 0.15) is 35.4 Å². The van der Waals surface area contributed by atoms with Crippen LogP contribution in [0.5, 0.6) is 23.0 Å². The van der Waals surface area contributed by atoms with Crippen LogP contribution < -0.4 is 18.9 Å². The van der Waals surface area contributed by atoms with Crippen molar-refractivity contribution in [2.24, 2.45) is 5.10 Å². The highest BCUT2D eigenvalue weighted by molar-refractivity contribution is 6.30. The van der Waals surface area contributed by atoms with Gasteiger partial charge in [-0.25, -0.2) is 5.01 Å². The van der Waals surface area contributed by atoms with Crippen LogP contribution in [0.2, 0.25) is 5.02 Å². The molecule has 2 unspecified atom stereocenters. The summed E-state index contributed by atoms with van der Waals surface area (Å²) in [4.78, 5) is 0. The molecule has 0 saturated carbocycles. The Labute approximate surface area is 191 Å². The molecule has 2 atom stereocenters. The number of nitrogens with zero attached hydrogens (tertiary/aromatic N) is 2. The average molecular weight is 451 g/mol. The molecule has 0 bridgehead atoms. The highest BCUT2D eigenvalue weighted by atomic mass is 35.5. The summed E-state index contributed by atoms with van der Waals surface area (Å²) in [5, 5.41) is 7.68. The molecule has 0 saturated heterocycles. The number of methoxy groups -OCH3 is 3. The summed E-state index contributed by atoms with van der Waals surface area (Å²) in [7, 11) is 4.91. The van der Waals surface area contributed by atoms with E-state index in [0.29, 0.717) is 16.5 Å². The fraction of sp³-hybridized carbons (Fsp3) is 0.240. The van der Waals surface area contributed by atoms with Crippen molar-refractivity contribution in [1.29, 1.82) is 0 Å². The molecule has 7 heteroatoms. The third-order valence-electron chi connectivity index (χ3n) is 5.85. The number of hydrogen-bond acceptors (Lipinski definition) is 6. The molecule has 2 aliphatic rings. The molecule has 0 amide bonds. The number of hydrazone groups is 1. The van der Waals surface area contributed by atoms with Crippen molar-refractivity contribution in [3.05, 3.63) is 82.4 Å². The highest BCUT2D eigenvalue weighted by Crippen LogP contribution is 2.49. The molecule has 164 valence electrons. The van der Waals surface area contributed by atoms with Crippen LogP contribution >= 0.6 is 11.6 Å². The van der Waals surface area contributed by atoms with Crippen LogP contribution in [0.3, 0.4) is 0 Å².